The van der Waals surface area contributed by atoms with Gasteiger partial charge in [0.05, 0.1) is 5.41 Å². The summed E-state index contributed by atoms with van der Waals surface area (Å²) in [6.45, 7) is 3.50. The number of carboxylic acid groups (broad SMARTS) is 1. The highest BCUT2D eigenvalue weighted by atomic mass is 32.1. The average Bonchev–Trinajstić information content (AvgIpc) is 2.86. The van der Waals surface area contributed by atoms with E-state index in [1.807, 2.05) is 6.92 Å². The summed E-state index contributed by atoms with van der Waals surface area (Å²) >= 11 is 1.81. The molecule has 0 bridgehead atoms. The number of nitrogens with zero attached hydrogens (tertiary/aromatic N) is 1. The van der Waals surface area contributed by atoms with Crippen LogP contribution in [0.1, 0.15) is 37.1 Å². The highest BCUT2D eigenvalue weighted by molar-refractivity contribution is 7.10. The van der Waals surface area contributed by atoms with Crippen molar-refractivity contribution in [3.63, 3.8) is 0 Å². The minimum atomic E-state index is -0.647. The van der Waals surface area contributed by atoms with E-state index in [1.54, 1.807) is 11.3 Å². The summed E-state index contributed by atoms with van der Waals surface area (Å²) < 4.78 is 0. The van der Waals surface area contributed by atoms with Gasteiger partial charge in [-0.2, -0.15) is 0 Å². The normalized spacial score (nSPS) is 30.5. The van der Waals surface area contributed by atoms with E-state index in [9.17, 15) is 9.90 Å². The lowest BCUT2D eigenvalue weighted by atomic mass is 9.90. The summed E-state index contributed by atoms with van der Waals surface area (Å²) in [4.78, 5) is 15.1. The molecule has 2 unspecified atom stereocenters. The van der Waals surface area contributed by atoms with Gasteiger partial charge in [-0.15, -0.1) is 11.3 Å². The molecule has 0 radical (unpaired) electrons. The summed E-state index contributed by atoms with van der Waals surface area (Å²) in [5.41, 5.74) is -0.551. The molecular weight excluding hydrogens is 246 g/mol. The summed E-state index contributed by atoms with van der Waals surface area (Å²) in [6.07, 6.45) is 3.36. The van der Waals surface area contributed by atoms with Gasteiger partial charge < -0.3 is 5.11 Å². The van der Waals surface area contributed by atoms with Crippen LogP contribution in [0.2, 0.25) is 0 Å². The van der Waals surface area contributed by atoms with Gasteiger partial charge in [0.15, 0.2) is 0 Å². The molecule has 3 nitrogen and oxygen atoms in total. The Bertz CT molecular complexity index is 441. The van der Waals surface area contributed by atoms with Gasteiger partial charge in [0.2, 0.25) is 0 Å². The van der Waals surface area contributed by atoms with Crippen LogP contribution in [0.15, 0.2) is 17.5 Å². The molecular formula is C14H19NO2S. The van der Waals surface area contributed by atoms with Crippen LogP contribution in [0.3, 0.4) is 0 Å². The summed E-state index contributed by atoms with van der Waals surface area (Å²) in [5.74, 6) is 0.102. The number of carboxylic acids is 1. The van der Waals surface area contributed by atoms with E-state index >= 15 is 0 Å². The minimum absolute atomic E-state index is 0.464. The van der Waals surface area contributed by atoms with Crippen molar-refractivity contribution < 1.29 is 9.90 Å². The molecule has 18 heavy (non-hydrogen) atoms. The van der Waals surface area contributed by atoms with Crippen LogP contribution in [0.25, 0.3) is 0 Å². The fraction of sp³-hybridized carbons (Fsp3) is 0.643. The van der Waals surface area contributed by atoms with Crippen molar-refractivity contribution >= 4 is 17.3 Å². The minimum Gasteiger partial charge on any atom is -0.481 e. The summed E-state index contributed by atoms with van der Waals surface area (Å²) in [6, 6.07) is 4.76. The number of hydrogen-bond acceptors (Lipinski definition) is 3. The van der Waals surface area contributed by atoms with Gasteiger partial charge >= 0.3 is 5.97 Å². The van der Waals surface area contributed by atoms with Crippen LogP contribution < -0.4 is 0 Å². The van der Waals surface area contributed by atoms with E-state index in [0.717, 1.165) is 18.9 Å². The van der Waals surface area contributed by atoms with Gasteiger partial charge in [-0.1, -0.05) is 6.07 Å². The molecule has 2 heterocycles. The fourth-order valence-corrected chi connectivity index (χ4v) is 3.94. The lowest BCUT2D eigenvalue weighted by Crippen LogP contribution is -2.34. The van der Waals surface area contributed by atoms with Crippen molar-refractivity contribution in [3.05, 3.63) is 22.4 Å². The lowest BCUT2D eigenvalue weighted by Gasteiger charge is -2.28. The van der Waals surface area contributed by atoms with Crippen LogP contribution in [0, 0.1) is 11.3 Å². The molecule has 1 saturated carbocycles. The van der Waals surface area contributed by atoms with Gasteiger partial charge in [-0.3, -0.25) is 9.69 Å². The lowest BCUT2D eigenvalue weighted by molar-refractivity contribution is -0.147. The molecule has 0 aromatic carbocycles. The molecule has 1 aromatic rings. The first-order chi connectivity index (χ1) is 8.60. The second-order valence-electron chi connectivity index (χ2n) is 5.88. The van der Waals surface area contributed by atoms with E-state index in [1.165, 1.54) is 17.7 Å². The van der Waals surface area contributed by atoms with Gasteiger partial charge in [-0.05, 0) is 50.1 Å². The van der Waals surface area contributed by atoms with Crippen molar-refractivity contribution in [3.8, 4) is 0 Å². The zero-order chi connectivity index (χ0) is 12.8. The second-order valence-corrected chi connectivity index (χ2v) is 6.86. The molecule has 3 rings (SSSR count). The molecule has 1 aromatic heterocycles. The molecule has 2 aliphatic rings. The average molecular weight is 265 g/mol. The molecule has 1 aliphatic carbocycles. The van der Waals surface area contributed by atoms with Crippen molar-refractivity contribution in [2.45, 2.75) is 32.2 Å². The molecule has 98 valence electrons. The van der Waals surface area contributed by atoms with Gasteiger partial charge in [0, 0.05) is 17.5 Å². The third kappa shape index (κ3) is 2.08. The predicted molar refractivity (Wildman–Crippen MR) is 71.7 cm³/mol. The van der Waals surface area contributed by atoms with Gasteiger partial charge in [0.25, 0.3) is 0 Å². The van der Waals surface area contributed by atoms with Crippen LogP contribution in [0.5, 0.6) is 0 Å². The highest BCUT2D eigenvalue weighted by Crippen LogP contribution is 2.48. The van der Waals surface area contributed by atoms with Crippen LogP contribution >= 0.6 is 11.3 Å². The van der Waals surface area contributed by atoms with Crippen LogP contribution in [-0.4, -0.2) is 29.1 Å². The monoisotopic (exact) mass is 265 g/mol. The Labute approximate surface area is 111 Å². The second kappa shape index (κ2) is 4.35. The Kier molecular flexibility index (Phi) is 2.94. The maximum absolute atomic E-state index is 11.3. The molecule has 2 fully saturated rings. The van der Waals surface area contributed by atoms with E-state index in [2.05, 4.69) is 22.4 Å². The Morgan fingerprint density at radius 1 is 1.61 bits per heavy atom. The van der Waals surface area contributed by atoms with Crippen molar-refractivity contribution in [1.29, 1.82) is 0 Å². The van der Waals surface area contributed by atoms with Crippen LogP contribution in [0.4, 0.5) is 0 Å². The molecule has 0 spiro atoms. The Morgan fingerprint density at radius 3 is 2.89 bits per heavy atom. The summed E-state index contributed by atoms with van der Waals surface area (Å²) in [7, 11) is 0. The van der Waals surface area contributed by atoms with Crippen molar-refractivity contribution in [2.75, 3.05) is 13.1 Å². The summed E-state index contributed by atoms with van der Waals surface area (Å²) in [5, 5.41) is 11.5. The number of likely N-dealkylation sites (tertiary alicyclic amines) is 1. The SMILES string of the molecule is CC1(C(=O)O)CCN(C(c2cccs2)C2CC2)C1. The maximum Gasteiger partial charge on any atom is 0.310 e. The molecule has 0 amide bonds. The third-order valence-electron chi connectivity index (χ3n) is 4.32. The fourth-order valence-electron chi connectivity index (χ4n) is 2.99. The van der Waals surface area contributed by atoms with Gasteiger partial charge in [0.1, 0.15) is 0 Å². The molecule has 1 aliphatic heterocycles. The van der Waals surface area contributed by atoms with Crippen LogP contribution in [-0.2, 0) is 4.79 Å². The number of hydrogen-bond donors (Lipinski definition) is 1. The smallest absolute Gasteiger partial charge is 0.310 e. The first-order valence-corrected chi connectivity index (χ1v) is 7.49. The Balaban J connectivity index is 1.79. The number of thiophene rings is 1. The number of aliphatic carboxylic acids is 1. The molecule has 1 saturated heterocycles. The zero-order valence-corrected chi connectivity index (χ0v) is 11.4. The largest absolute Gasteiger partial charge is 0.481 e. The van der Waals surface area contributed by atoms with Crippen molar-refractivity contribution in [1.82, 2.24) is 4.90 Å². The molecule has 2 atom stereocenters. The predicted octanol–water partition coefficient (Wildman–Crippen LogP) is 3.00. The zero-order valence-electron chi connectivity index (χ0n) is 10.6. The Morgan fingerprint density at radius 2 is 2.39 bits per heavy atom. The standard InChI is InChI=1S/C14H19NO2S/c1-14(13(16)17)6-7-15(9-14)12(10-4-5-10)11-3-2-8-18-11/h2-3,8,10,12H,4-7,9H2,1H3,(H,16,17). The van der Waals surface area contributed by atoms with E-state index < -0.39 is 11.4 Å². The Hall–Kier alpha value is -0.870. The quantitative estimate of drug-likeness (QED) is 0.910. The molecule has 4 heteroatoms. The molecule has 1 N–H and O–H groups in total. The van der Waals surface area contributed by atoms with Crippen molar-refractivity contribution in [2.24, 2.45) is 11.3 Å². The first-order valence-electron chi connectivity index (χ1n) is 6.61. The first kappa shape index (κ1) is 12.2. The van der Waals surface area contributed by atoms with E-state index in [4.69, 9.17) is 0 Å². The maximum atomic E-state index is 11.3. The van der Waals surface area contributed by atoms with E-state index in [0.29, 0.717) is 12.6 Å². The van der Waals surface area contributed by atoms with E-state index in [-0.39, 0.29) is 0 Å². The topological polar surface area (TPSA) is 40.5 Å². The van der Waals surface area contributed by atoms with Gasteiger partial charge in [-0.25, -0.2) is 0 Å². The highest BCUT2D eigenvalue weighted by Gasteiger charge is 2.46. The number of rotatable bonds is 4. The third-order valence-corrected chi connectivity index (χ3v) is 5.26. The number of carbonyl (C=O) groups is 1.